The predicted octanol–water partition coefficient (Wildman–Crippen LogP) is 0.713. The van der Waals surface area contributed by atoms with Crippen molar-refractivity contribution >= 4 is 80.8 Å². The first kappa shape index (κ1) is 56.2. The molecule has 396 valence electrons. The van der Waals surface area contributed by atoms with Gasteiger partial charge in [-0.05, 0) is 103 Å². The van der Waals surface area contributed by atoms with E-state index in [9.17, 15) is 59.1 Å². The highest BCUT2D eigenvalue weighted by Crippen LogP contribution is 2.30. The molecule has 27 heteroatoms. The number of nitrogens with one attached hydrogen (secondary N) is 5. The molecule has 1 aliphatic heterocycles. The summed E-state index contributed by atoms with van der Waals surface area (Å²) in [5.74, 6) is -6.73. The maximum atomic E-state index is 15.1. The zero-order valence-electron chi connectivity index (χ0n) is 39.6. The molecule has 12 N–H and O–H groups in total. The number of ketones is 1. The first-order valence-corrected chi connectivity index (χ1v) is 24.6. The summed E-state index contributed by atoms with van der Waals surface area (Å²) in [6.45, 7) is -0.376. The zero-order valence-corrected chi connectivity index (χ0v) is 41.8. The summed E-state index contributed by atoms with van der Waals surface area (Å²) in [7, 11) is 0. The number of aromatic amines is 1. The van der Waals surface area contributed by atoms with Crippen LogP contribution in [0.2, 0.25) is 0 Å². The molecule has 1 aliphatic rings. The minimum atomic E-state index is -2.23. The standard InChI is InChI=1S/C47H56FIN12O13/c48-36-39(66)38(65)34(23-62)74-44(36)61-22-29(59-60-61)18-26(42(68)55-32(45(70)71)5-1-2-17-51-35(64)6-3-4-24-7-11-27(49)12-8-24)19-31(63)15-16-33(46(72)73)56-41(67)25-9-13-28(14-10-25)52-20-30-21-53-40-37(54-30)43(69)58-47(50)57-40/h7-14,21-22,26,32-34,36,38-39,44,52,62,65-66H,1-6,15-20,23H2,(H,51,64)(H,55,68)(H,56,67)(H,70,71)(H,72,73)(H3,50,53,57,58,69)/t26?,32-,33-,34?,36?,38+,39+,44+/m0/s1/i48-1. The van der Waals surface area contributed by atoms with Crippen molar-refractivity contribution in [3.63, 3.8) is 0 Å². The predicted molar refractivity (Wildman–Crippen MR) is 268 cm³/mol. The van der Waals surface area contributed by atoms with Gasteiger partial charge in [0.05, 0.1) is 42.9 Å². The van der Waals surface area contributed by atoms with Gasteiger partial charge in [0.25, 0.3) is 11.5 Å². The summed E-state index contributed by atoms with van der Waals surface area (Å²) in [5.41, 5.74) is 7.18. The summed E-state index contributed by atoms with van der Waals surface area (Å²) in [6.07, 6.45) is -5.92. The first-order valence-electron chi connectivity index (χ1n) is 23.5. The third-order valence-corrected chi connectivity index (χ3v) is 12.7. The highest BCUT2D eigenvalue weighted by atomic mass is 127. The fourth-order valence-electron chi connectivity index (χ4n) is 7.92. The number of hydrogen-bond acceptors (Lipinski definition) is 18. The fourth-order valence-corrected chi connectivity index (χ4v) is 8.28. The lowest BCUT2D eigenvalue weighted by Crippen LogP contribution is -2.55. The van der Waals surface area contributed by atoms with E-state index in [4.69, 9.17) is 10.5 Å². The maximum absolute atomic E-state index is 15.1. The van der Waals surface area contributed by atoms with E-state index >= 15 is 4.39 Å². The molecular formula is C47H56FIN12O13. The van der Waals surface area contributed by atoms with Crippen LogP contribution in [0.1, 0.15) is 84.9 Å². The van der Waals surface area contributed by atoms with E-state index in [0.29, 0.717) is 30.6 Å². The highest BCUT2D eigenvalue weighted by Gasteiger charge is 2.46. The minimum Gasteiger partial charge on any atom is -0.480 e. The Balaban J connectivity index is 1.04. The SMILES string of the molecule is Nc1nc2ncc(CNc3ccc(C(=O)N[C@@H](CCC(=O)CC(Cc4cn([C@@H]5OC(CO)[C@@H](O)[C@H](O)C5[18F])nn4)C(=O)N[C@@H](CCCCNC(=O)CCCc4ccc(I)cc4)C(=O)O)C(=O)O)cc3)nc2c(=O)[nH]1. The molecule has 0 aliphatic carbocycles. The number of halogens is 2. The van der Waals surface area contributed by atoms with Crippen LogP contribution < -0.4 is 32.6 Å². The summed E-state index contributed by atoms with van der Waals surface area (Å²) < 4.78 is 22.5. The molecule has 6 rings (SSSR count). The number of aryl methyl sites for hydroxylation is 1. The van der Waals surface area contributed by atoms with Crippen LogP contribution in [0, 0.1) is 9.49 Å². The number of fused-ring (bicyclic) bond motifs is 1. The van der Waals surface area contributed by atoms with E-state index in [1.165, 1.54) is 18.3 Å². The van der Waals surface area contributed by atoms with Crippen LogP contribution in [0.4, 0.5) is 16.0 Å². The number of unbranched alkanes of at least 4 members (excludes halogenated alkanes) is 1. The number of benzene rings is 2. The Morgan fingerprint density at radius 2 is 1.61 bits per heavy atom. The van der Waals surface area contributed by atoms with Gasteiger partial charge in [0.1, 0.15) is 36.2 Å². The number of carboxylic acids is 2. The second-order valence-electron chi connectivity index (χ2n) is 17.6. The van der Waals surface area contributed by atoms with E-state index in [1.807, 2.05) is 24.3 Å². The number of carbonyl (C=O) groups excluding carboxylic acids is 4. The Bertz CT molecular complexity index is 2820. The first-order chi connectivity index (χ1) is 35.4. The Morgan fingerprint density at radius 3 is 2.31 bits per heavy atom. The van der Waals surface area contributed by atoms with Crippen molar-refractivity contribution in [2.75, 3.05) is 24.2 Å². The molecule has 1 saturated heterocycles. The molecule has 5 aromatic rings. The summed E-state index contributed by atoms with van der Waals surface area (Å²) >= 11 is 2.22. The number of amides is 3. The number of nitrogens with two attached hydrogens (primary N) is 1. The van der Waals surface area contributed by atoms with Crippen LogP contribution in [-0.4, -0.2) is 146 Å². The Morgan fingerprint density at radius 1 is 0.892 bits per heavy atom. The van der Waals surface area contributed by atoms with Gasteiger partial charge < -0.3 is 57.3 Å². The number of aromatic nitrogens is 7. The van der Waals surface area contributed by atoms with Crippen LogP contribution in [0.5, 0.6) is 0 Å². The van der Waals surface area contributed by atoms with Gasteiger partial charge >= 0.3 is 11.9 Å². The number of aliphatic carboxylic acids is 2. The average molecular weight is 1140 g/mol. The molecule has 0 saturated carbocycles. The number of ether oxygens (including phenoxy) is 1. The van der Waals surface area contributed by atoms with Crippen LogP contribution in [0.15, 0.2) is 65.7 Å². The number of carboxylic acid groups (broad SMARTS) is 2. The Labute approximate surface area is 434 Å². The maximum Gasteiger partial charge on any atom is 0.326 e. The number of alkyl halides is 1. The molecule has 0 spiro atoms. The summed E-state index contributed by atoms with van der Waals surface area (Å²) in [5, 5.41) is 68.5. The van der Waals surface area contributed by atoms with Crippen molar-refractivity contribution in [1.82, 2.24) is 50.9 Å². The summed E-state index contributed by atoms with van der Waals surface area (Å²) in [4.78, 5) is 105. The van der Waals surface area contributed by atoms with Crippen molar-refractivity contribution in [1.29, 1.82) is 0 Å². The summed E-state index contributed by atoms with van der Waals surface area (Å²) in [6, 6.07) is 10.9. The zero-order chi connectivity index (χ0) is 53.5. The number of rotatable bonds is 27. The van der Waals surface area contributed by atoms with E-state index in [-0.39, 0.29) is 66.6 Å². The molecule has 74 heavy (non-hydrogen) atoms. The number of Topliss-reactive ketones (excluding diaryl/α,β-unsaturated/α-hetero) is 1. The molecule has 3 amide bonds. The topological polar surface area (TPSA) is 389 Å². The van der Waals surface area contributed by atoms with Crippen molar-refractivity contribution in [3.05, 3.63) is 97.4 Å². The van der Waals surface area contributed by atoms with Crippen molar-refractivity contribution in [2.24, 2.45) is 5.92 Å². The van der Waals surface area contributed by atoms with Crippen LogP contribution in [0.3, 0.4) is 0 Å². The number of H-pyrrole nitrogens is 1. The normalized spacial score (nSPS) is 18.7. The molecule has 3 aromatic heterocycles. The lowest BCUT2D eigenvalue weighted by atomic mass is 9.93. The van der Waals surface area contributed by atoms with Crippen LogP contribution in [0.25, 0.3) is 11.2 Å². The highest BCUT2D eigenvalue weighted by molar-refractivity contribution is 14.1. The lowest BCUT2D eigenvalue weighted by molar-refractivity contribution is -0.237. The van der Waals surface area contributed by atoms with E-state index < -0.39 is 110 Å². The van der Waals surface area contributed by atoms with Gasteiger partial charge in [-0.1, -0.05) is 17.3 Å². The van der Waals surface area contributed by atoms with E-state index in [1.54, 1.807) is 12.1 Å². The minimum absolute atomic E-state index is 0.00419. The van der Waals surface area contributed by atoms with E-state index in [2.05, 4.69) is 74.1 Å². The monoisotopic (exact) mass is 1140 g/mol. The largest absolute Gasteiger partial charge is 0.480 e. The van der Waals surface area contributed by atoms with Crippen LogP contribution >= 0.6 is 22.6 Å². The molecular weight excluding hydrogens is 1090 g/mol. The van der Waals surface area contributed by atoms with Gasteiger partial charge in [0.15, 0.2) is 23.6 Å². The third kappa shape index (κ3) is 16.0. The third-order valence-electron chi connectivity index (χ3n) is 12.0. The van der Waals surface area contributed by atoms with Gasteiger partial charge in [-0.2, -0.15) is 4.98 Å². The molecule has 0 bridgehead atoms. The van der Waals surface area contributed by atoms with Gasteiger partial charge in [-0.15, -0.1) is 5.10 Å². The fraction of sp³-hybridized carbons (Fsp3) is 0.447. The molecule has 0 radical (unpaired) electrons. The molecule has 3 unspecified atom stereocenters. The second-order valence-corrected chi connectivity index (χ2v) is 18.8. The number of anilines is 2. The van der Waals surface area contributed by atoms with Gasteiger partial charge in [-0.3, -0.25) is 29.0 Å². The Hall–Kier alpha value is -7.08. The smallest absolute Gasteiger partial charge is 0.326 e. The van der Waals surface area contributed by atoms with E-state index in [0.717, 1.165) is 26.4 Å². The number of aliphatic hydroxyl groups excluding tert-OH is 3. The molecule has 8 atom stereocenters. The second kappa shape index (κ2) is 26.7. The number of hydrogen-bond donors (Lipinski definition) is 11. The van der Waals surface area contributed by atoms with Gasteiger partial charge in [0.2, 0.25) is 17.8 Å². The quantitative estimate of drug-likeness (QED) is 0.0255. The van der Waals surface area contributed by atoms with Crippen molar-refractivity contribution in [2.45, 2.75) is 114 Å². The molecule has 2 aromatic carbocycles. The molecule has 1 fully saturated rings. The number of nitrogens with zero attached hydrogens (tertiary/aromatic N) is 6. The number of nitrogen functional groups attached to an aromatic ring is 1. The Kier molecular flexibility index (Phi) is 20.3. The molecule has 25 nitrogen and oxygen atoms in total. The average Bonchev–Trinajstić information content (AvgIpc) is 3.84. The molecule has 4 heterocycles. The van der Waals surface area contributed by atoms with Crippen LogP contribution in [-0.2, 0) is 48.1 Å². The van der Waals surface area contributed by atoms with Crippen molar-refractivity contribution in [3.8, 4) is 0 Å². The van der Waals surface area contributed by atoms with Crippen molar-refractivity contribution < 1.29 is 63.4 Å². The van der Waals surface area contributed by atoms with Gasteiger partial charge in [-0.25, -0.2) is 28.6 Å². The number of carbonyl (C=O) groups is 6. The van der Waals surface area contributed by atoms with Gasteiger partial charge in [0, 0.05) is 47.0 Å². The number of aliphatic hydroxyl groups is 3. The lowest BCUT2D eigenvalue weighted by Gasteiger charge is -2.38.